The van der Waals surface area contributed by atoms with Gasteiger partial charge in [0.25, 0.3) is 5.91 Å². The third-order valence-electron chi connectivity index (χ3n) is 2.21. The van der Waals surface area contributed by atoms with Crippen LogP contribution in [0.2, 0.25) is 5.02 Å². The normalized spacial score (nSPS) is 12.0. The number of ether oxygens (including phenoxy) is 1. The average Bonchev–Trinajstić information content (AvgIpc) is 2.32. The monoisotopic (exact) mass is 271 g/mol. The molecule has 0 aromatic carbocycles. The van der Waals surface area contributed by atoms with Crippen molar-refractivity contribution in [3.8, 4) is 0 Å². The number of carbonyl (C=O) groups excluding carboxylic acids is 1. The van der Waals surface area contributed by atoms with Crippen molar-refractivity contribution in [3.63, 3.8) is 0 Å². The Morgan fingerprint density at radius 3 is 2.89 bits per heavy atom. The Hall–Kier alpha value is -1.33. The SMILES string of the molecule is CCNc1ccc(Cl)c(C(=O)NC(C)COC)n1. The highest BCUT2D eigenvalue weighted by Crippen LogP contribution is 2.16. The molecule has 1 heterocycles. The molecular weight excluding hydrogens is 254 g/mol. The number of hydrogen-bond donors (Lipinski definition) is 2. The molecule has 1 aromatic heterocycles. The zero-order valence-corrected chi connectivity index (χ0v) is 11.5. The quantitative estimate of drug-likeness (QED) is 0.830. The van der Waals surface area contributed by atoms with Crippen molar-refractivity contribution in [2.75, 3.05) is 25.6 Å². The topological polar surface area (TPSA) is 63.2 Å². The maximum atomic E-state index is 12.0. The molecule has 0 saturated carbocycles. The molecule has 0 aliphatic rings. The minimum Gasteiger partial charge on any atom is -0.383 e. The average molecular weight is 272 g/mol. The second kappa shape index (κ2) is 7.18. The lowest BCUT2D eigenvalue weighted by Crippen LogP contribution is -2.36. The zero-order valence-electron chi connectivity index (χ0n) is 10.8. The highest BCUT2D eigenvalue weighted by atomic mass is 35.5. The van der Waals surface area contributed by atoms with Crippen LogP contribution in [0.3, 0.4) is 0 Å². The van der Waals surface area contributed by atoms with E-state index in [0.29, 0.717) is 17.4 Å². The minimum absolute atomic E-state index is 0.0943. The Labute approximate surface area is 112 Å². The highest BCUT2D eigenvalue weighted by molar-refractivity contribution is 6.33. The first kappa shape index (κ1) is 14.7. The van der Waals surface area contributed by atoms with Gasteiger partial charge in [-0.25, -0.2) is 4.98 Å². The third-order valence-corrected chi connectivity index (χ3v) is 2.52. The third kappa shape index (κ3) is 4.16. The van der Waals surface area contributed by atoms with Gasteiger partial charge in [0.1, 0.15) is 11.5 Å². The van der Waals surface area contributed by atoms with Crippen molar-refractivity contribution in [1.82, 2.24) is 10.3 Å². The van der Waals surface area contributed by atoms with Crippen molar-refractivity contribution in [3.05, 3.63) is 22.8 Å². The first-order valence-corrected chi connectivity index (χ1v) is 6.16. The number of rotatable bonds is 6. The number of amides is 1. The van der Waals surface area contributed by atoms with Gasteiger partial charge in [-0.05, 0) is 26.0 Å². The van der Waals surface area contributed by atoms with E-state index in [1.807, 2.05) is 13.8 Å². The number of methoxy groups -OCH3 is 1. The van der Waals surface area contributed by atoms with Crippen LogP contribution in [0.15, 0.2) is 12.1 Å². The molecule has 1 amide bonds. The van der Waals surface area contributed by atoms with E-state index >= 15 is 0 Å². The van der Waals surface area contributed by atoms with Crippen molar-refractivity contribution >= 4 is 23.3 Å². The largest absolute Gasteiger partial charge is 0.383 e. The number of hydrogen-bond acceptors (Lipinski definition) is 4. The lowest BCUT2D eigenvalue weighted by molar-refractivity contribution is 0.0901. The van der Waals surface area contributed by atoms with Gasteiger partial charge in [-0.1, -0.05) is 11.6 Å². The van der Waals surface area contributed by atoms with Gasteiger partial charge in [-0.3, -0.25) is 4.79 Å². The van der Waals surface area contributed by atoms with Gasteiger partial charge in [0, 0.05) is 19.7 Å². The van der Waals surface area contributed by atoms with Crippen molar-refractivity contribution in [2.45, 2.75) is 19.9 Å². The Bertz CT molecular complexity index is 412. The summed E-state index contributed by atoms with van der Waals surface area (Å²) in [4.78, 5) is 16.1. The zero-order chi connectivity index (χ0) is 13.5. The Kier molecular flexibility index (Phi) is 5.88. The van der Waals surface area contributed by atoms with Crippen LogP contribution in [0.5, 0.6) is 0 Å². The van der Waals surface area contributed by atoms with E-state index in [0.717, 1.165) is 6.54 Å². The van der Waals surface area contributed by atoms with Crippen molar-refractivity contribution in [2.24, 2.45) is 0 Å². The van der Waals surface area contributed by atoms with E-state index in [9.17, 15) is 4.79 Å². The molecule has 2 N–H and O–H groups in total. The summed E-state index contributed by atoms with van der Waals surface area (Å²) in [5, 5.41) is 6.13. The smallest absolute Gasteiger partial charge is 0.271 e. The van der Waals surface area contributed by atoms with E-state index < -0.39 is 0 Å². The predicted octanol–water partition coefficient (Wildman–Crippen LogP) is 1.93. The molecule has 18 heavy (non-hydrogen) atoms. The first-order valence-electron chi connectivity index (χ1n) is 5.78. The standard InChI is InChI=1S/C12H18ClN3O2/c1-4-14-10-6-5-9(13)11(16-10)12(17)15-8(2)7-18-3/h5-6,8H,4,7H2,1-3H3,(H,14,16)(H,15,17). The minimum atomic E-state index is -0.302. The summed E-state index contributed by atoms with van der Waals surface area (Å²) >= 11 is 5.97. The summed E-state index contributed by atoms with van der Waals surface area (Å²) in [6.07, 6.45) is 0. The number of nitrogens with zero attached hydrogens (tertiary/aromatic N) is 1. The van der Waals surface area contributed by atoms with Crippen molar-refractivity contribution < 1.29 is 9.53 Å². The summed E-state index contributed by atoms with van der Waals surface area (Å²) in [5.74, 6) is 0.329. The van der Waals surface area contributed by atoms with Gasteiger partial charge in [-0.2, -0.15) is 0 Å². The van der Waals surface area contributed by atoms with Crippen LogP contribution in [0, 0.1) is 0 Å². The van der Waals surface area contributed by atoms with Crippen LogP contribution in [-0.4, -0.2) is 37.2 Å². The molecule has 5 nitrogen and oxygen atoms in total. The fourth-order valence-electron chi connectivity index (χ4n) is 1.46. The number of pyridine rings is 1. The van der Waals surface area contributed by atoms with E-state index in [-0.39, 0.29) is 17.6 Å². The number of anilines is 1. The van der Waals surface area contributed by atoms with Gasteiger partial charge in [0.15, 0.2) is 0 Å². The molecular formula is C12H18ClN3O2. The Balaban J connectivity index is 2.80. The molecule has 100 valence electrons. The lowest BCUT2D eigenvalue weighted by atomic mass is 10.3. The van der Waals surface area contributed by atoms with E-state index in [2.05, 4.69) is 15.6 Å². The number of aromatic nitrogens is 1. The number of carbonyl (C=O) groups is 1. The molecule has 1 aromatic rings. The number of halogens is 1. The van der Waals surface area contributed by atoms with Crippen LogP contribution in [0.4, 0.5) is 5.82 Å². The van der Waals surface area contributed by atoms with Crippen LogP contribution < -0.4 is 10.6 Å². The second-order valence-corrected chi connectivity index (χ2v) is 4.29. The maximum absolute atomic E-state index is 12.0. The van der Waals surface area contributed by atoms with Gasteiger partial charge >= 0.3 is 0 Å². The molecule has 0 aliphatic heterocycles. The molecule has 0 saturated heterocycles. The molecule has 0 aliphatic carbocycles. The summed E-state index contributed by atoms with van der Waals surface area (Å²) in [7, 11) is 1.58. The Morgan fingerprint density at radius 2 is 2.28 bits per heavy atom. The van der Waals surface area contributed by atoms with Crippen molar-refractivity contribution in [1.29, 1.82) is 0 Å². The summed E-state index contributed by atoms with van der Waals surface area (Å²) in [5.41, 5.74) is 0.220. The first-order chi connectivity index (χ1) is 8.58. The van der Waals surface area contributed by atoms with Gasteiger partial charge < -0.3 is 15.4 Å². The second-order valence-electron chi connectivity index (χ2n) is 3.89. The summed E-state index contributed by atoms with van der Waals surface area (Å²) in [6.45, 7) is 4.98. The van der Waals surface area contributed by atoms with Gasteiger partial charge in [-0.15, -0.1) is 0 Å². The lowest BCUT2D eigenvalue weighted by Gasteiger charge is -2.13. The molecule has 6 heteroatoms. The molecule has 0 bridgehead atoms. The highest BCUT2D eigenvalue weighted by Gasteiger charge is 2.15. The van der Waals surface area contributed by atoms with E-state index in [4.69, 9.17) is 16.3 Å². The predicted molar refractivity (Wildman–Crippen MR) is 72.2 cm³/mol. The van der Waals surface area contributed by atoms with Gasteiger partial charge in [0.2, 0.25) is 0 Å². The van der Waals surface area contributed by atoms with Crippen LogP contribution >= 0.6 is 11.6 Å². The van der Waals surface area contributed by atoms with Crippen LogP contribution in [0.1, 0.15) is 24.3 Å². The fourth-order valence-corrected chi connectivity index (χ4v) is 1.66. The maximum Gasteiger partial charge on any atom is 0.271 e. The Morgan fingerprint density at radius 1 is 1.56 bits per heavy atom. The van der Waals surface area contributed by atoms with Crippen LogP contribution in [-0.2, 0) is 4.74 Å². The van der Waals surface area contributed by atoms with Crippen LogP contribution in [0.25, 0.3) is 0 Å². The summed E-state index contributed by atoms with van der Waals surface area (Å²) in [6, 6.07) is 3.30. The molecule has 0 spiro atoms. The van der Waals surface area contributed by atoms with E-state index in [1.165, 1.54) is 0 Å². The molecule has 1 atom stereocenters. The molecule has 0 radical (unpaired) electrons. The summed E-state index contributed by atoms with van der Waals surface area (Å²) < 4.78 is 4.95. The molecule has 1 rings (SSSR count). The molecule has 1 unspecified atom stereocenters. The molecule has 0 fully saturated rings. The fraction of sp³-hybridized carbons (Fsp3) is 0.500. The van der Waals surface area contributed by atoms with Gasteiger partial charge in [0.05, 0.1) is 11.6 Å². The van der Waals surface area contributed by atoms with E-state index in [1.54, 1.807) is 19.2 Å². The number of nitrogens with one attached hydrogen (secondary N) is 2.